The van der Waals surface area contributed by atoms with E-state index in [2.05, 4.69) is 4.18 Å². The molecule has 0 fully saturated rings. The molecule has 0 rings (SSSR count). The average molecular weight is 310 g/mol. The molecule has 2 atom stereocenters. The molecule has 12 heteroatoms. The molecule has 0 bridgehead atoms. The zero-order chi connectivity index (χ0) is 14.7. The molecule has 0 heterocycles. The van der Waals surface area contributed by atoms with Crippen LogP contribution in [0.1, 0.15) is 0 Å². The molecule has 0 spiro atoms. The Labute approximate surface area is 95.8 Å². The molecule has 0 aromatic carbocycles. The first-order valence-corrected chi connectivity index (χ1v) is 5.51. The largest absolute Gasteiger partial charge is 0.413 e. The van der Waals surface area contributed by atoms with Crippen molar-refractivity contribution in [1.29, 1.82) is 0 Å². The molecule has 3 nitrogen and oxygen atoms in total. The zero-order valence-corrected chi connectivity index (χ0v) is 8.99. The van der Waals surface area contributed by atoms with Gasteiger partial charge in [0.15, 0.2) is 18.0 Å². The van der Waals surface area contributed by atoms with Crippen LogP contribution in [0.5, 0.6) is 0 Å². The van der Waals surface area contributed by atoms with Crippen LogP contribution in [-0.2, 0) is 14.3 Å². The second kappa shape index (κ2) is 5.99. The van der Waals surface area contributed by atoms with Gasteiger partial charge in [0.1, 0.15) is 0 Å². The maximum atomic E-state index is 12.6. The van der Waals surface area contributed by atoms with E-state index in [0.29, 0.717) is 0 Å². The van der Waals surface area contributed by atoms with Crippen molar-refractivity contribution in [3.63, 3.8) is 0 Å². The third kappa shape index (κ3) is 5.33. The Bertz CT molecular complexity index is 350. The van der Waals surface area contributed by atoms with E-state index in [0.717, 1.165) is 0 Å². The van der Waals surface area contributed by atoms with Gasteiger partial charge in [-0.1, -0.05) is 0 Å². The van der Waals surface area contributed by atoms with Gasteiger partial charge < -0.3 is 0 Å². The van der Waals surface area contributed by atoms with Crippen molar-refractivity contribution in [2.75, 3.05) is 6.61 Å². The van der Waals surface area contributed by atoms with Crippen LogP contribution in [-0.4, -0.2) is 45.5 Å². The van der Waals surface area contributed by atoms with Gasteiger partial charge in [0, 0.05) is 0 Å². The lowest BCUT2D eigenvalue weighted by atomic mass is 10.3. The fourth-order valence-corrected chi connectivity index (χ4v) is 1.94. The molecular weight excluding hydrogens is 304 g/mol. The Morgan fingerprint density at radius 1 is 0.944 bits per heavy atom. The number of hydrogen-bond acceptors (Lipinski definition) is 3. The first-order valence-electron chi connectivity index (χ1n) is 4.04. The maximum Gasteiger partial charge on any atom is 0.413 e. The molecule has 0 amide bonds. The van der Waals surface area contributed by atoms with Gasteiger partial charge in [0.2, 0.25) is 0 Å². The molecule has 0 aliphatic heterocycles. The minimum Gasteiger partial charge on any atom is -0.260 e. The van der Waals surface area contributed by atoms with Crippen molar-refractivity contribution in [2.24, 2.45) is 0 Å². The van der Waals surface area contributed by atoms with Crippen LogP contribution in [0, 0.1) is 0 Å². The van der Waals surface area contributed by atoms with Gasteiger partial charge in [-0.25, -0.2) is 22.0 Å². The van der Waals surface area contributed by atoms with E-state index in [9.17, 15) is 43.5 Å². The summed E-state index contributed by atoms with van der Waals surface area (Å²) >= 11 is 0. The second-order valence-corrected chi connectivity index (χ2v) is 4.71. The lowest BCUT2D eigenvalue weighted by molar-refractivity contribution is -0.153. The molecule has 0 radical (unpaired) electrons. The quantitative estimate of drug-likeness (QED) is 0.557. The van der Waals surface area contributed by atoms with Crippen LogP contribution in [0.4, 0.5) is 35.1 Å². The summed E-state index contributed by atoms with van der Waals surface area (Å²) in [6.45, 7) is -2.51. The van der Waals surface area contributed by atoms with E-state index >= 15 is 0 Å². The summed E-state index contributed by atoms with van der Waals surface area (Å²) in [4.78, 5) is 0. The third-order valence-corrected chi connectivity index (χ3v) is 3.10. The minimum absolute atomic E-state index is 2.51. The Morgan fingerprint density at radius 2 is 1.39 bits per heavy atom. The highest BCUT2D eigenvalue weighted by Gasteiger charge is 2.48. The van der Waals surface area contributed by atoms with Gasteiger partial charge in [0.25, 0.3) is 23.0 Å². The SMILES string of the molecule is O=S(=O)(OCC(F)(F)F)C(C(F)F)C(F)C(F)F. The summed E-state index contributed by atoms with van der Waals surface area (Å²) in [5.74, 6) is 0. The molecule has 0 N–H and O–H groups in total. The van der Waals surface area contributed by atoms with Crippen LogP contribution in [0.3, 0.4) is 0 Å². The monoisotopic (exact) mass is 310 g/mol. The topological polar surface area (TPSA) is 43.4 Å². The number of hydrogen-bond donors (Lipinski definition) is 0. The fraction of sp³-hybridized carbons (Fsp3) is 1.00. The Balaban J connectivity index is 5.01. The average Bonchev–Trinajstić information content (AvgIpc) is 2.12. The summed E-state index contributed by atoms with van der Waals surface area (Å²) in [7, 11) is -5.82. The van der Waals surface area contributed by atoms with Crippen molar-refractivity contribution in [3.05, 3.63) is 0 Å². The first-order chi connectivity index (χ1) is 7.88. The summed E-state index contributed by atoms with van der Waals surface area (Å²) in [6, 6.07) is 0. The highest BCUT2D eigenvalue weighted by molar-refractivity contribution is 7.87. The van der Waals surface area contributed by atoms with Crippen molar-refractivity contribution in [3.8, 4) is 0 Å². The van der Waals surface area contributed by atoms with Crippen LogP contribution < -0.4 is 0 Å². The molecule has 0 aliphatic rings. The van der Waals surface area contributed by atoms with Gasteiger partial charge in [-0.05, 0) is 0 Å². The van der Waals surface area contributed by atoms with E-state index in [1.807, 2.05) is 0 Å². The zero-order valence-electron chi connectivity index (χ0n) is 8.17. The van der Waals surface area contributed by atoms with E-state index in [-0.39, 0.29) is 0 Å². The molecule has 0 aliphatic carbocycles. The predicted molar refractivity (Wildman–Crippen MR) is 41.6 cm³/mol. The number of halogens is 8. The standard InChI is InChI=1S/C6H6F8O3S/c7-2(4(8)9)3(5(10)11)18(15,16)17-1-6(12,13)14/h2-5H,1H2. The molecule has 0 aromatic rings. The lowest BCUT2D eigenvalue weighted by Gasteiger charge is -2.20. The smallest absolute Gasteiger partial charge is 0.260 e. The highest BCUT2D eigenvalue weighted by Crippen LogP contribution is 2.26. The van der Waals surface area contributed by atoms with Crippen molar-refractivity contribution in [2.45, 2.75) is 30.4 Å². The van der Waals surface area contributed by atoms with Crippen LogP contribution in [0.15, 0.2) is 0 Å². The van der Waals surface area contributed by atoms with Crippen LogP contribution >= 0.6 is 0 Å². The van der Waals surface area contributed by atoms with Crippen LogP contribution in [0.2, 0.25) is 0 Å². The molecule has 0 saturated carbocycles. The summed E-state index contributed by atoms with van der Waals surface area (Å²) in [5, 5.41) is -3.68. The van der Waals surface area contributed by atoms with Crippen molar-refractivity contribution >= 4 is 10.1 Å². The third-order valence-electron chi connectivity index (χ3n) is 1.52. The lowest BCUT2D eigenvalue weighted by Crippen LogP contribution is -2.43. The van der Waals surface area contributed by atoms with Gasteiger partial charge >= 0.3 is 6.18 Å². The summed E-state index contributed by atoms with van der Waals surface area (Å²) in [5.41, 5.74) is 0. The first kappa shape index (κ1) is 17.4. The molecular formula is C6H6F8O3S. The minimum atomic E-state index is -5.82. The Hall–Kier alpha value is -0.650. The normalized spacial score (nSPS) is 17.2. The van der Waals surface area contributed by atoms with E-state index in [1.54, 1.807) is 0 Å². The van der Waals surface area contributed by atoms with Crippen molar-refractivity contribution < 1.29 is 47.7 Å². The van der Waals surface area contributed by atoms with Crippen molar-refractivity contribution in [1.82, 2.24) is 0 Å². The predicted octanol–water partition coefficient (Wildman–Crippen LogP) is 2.13. The van der Waals surface area contributed by atoms with E-state index in [4.69, 9.17) is 0 Å². The van der Waals surface area contributed by atoms with E-state index < -0.39 is 47.2 Å². The highest BCUT2D eigenvalue weighted by atomic mass is 32.2. The molecule has 0 saturated heterocycles. The fourth-order valence-electron chi connectivity index (χ4n) is 0.795. The maximum absolute atomic E-state index is 12.6. The van der Waals surface area contributed by atoms with E-state index in [1.165, 1.54) is 0 Å². The molecule has 2 unspecified atom stereocenters. The van der Waals surface area contributed by atoms with Gasteiger partial charge in [0.05, 0.1) is 0 Å². The van der Waals surface area contributed by atoms with Gasteiger partial charge in [-0.15, -0.1) is 0 Å². The number of alkyl halides is 8. The molecule has 110 valence electrons. The van der Waals surface area contributed by atoms with Crippen LogP contribution in [0.25, 0.3) is 0 Å². The summed E-state index contributed by atoms with van der Waals surface area (Å²) in [6.07, 6.45) is -17.3. The number of rotatable bonds is 6. The Morgan fingerprint density at radius 3 is 1.67 bits per heavy atom. The molecule has 0 aromatic heterocycles. The second-order valence-electron chi connectivity index (χ2n) is 2.95. The van der Waals surface area contributed by atoms with Gasteiger partial charge in [-0.2, -0.15) is 21.6 Å². The Kier molecular flexibility index (Phi) is 5.78. The summed E-state index contributed by atoms with van der Waals surface area (Å²) < 4.78 is 120. The van der Waals surface area contributed by atoms with Gasteiger partial charge in [-0.3, -0.25) is 4.18 Å². The molecule has 18 heavy (non-hydrogen) atoms.